The molecule has 1 aliphatic heterocycles. The largest absolute Gasteiger partial charge is 0.348 e. The Morgan fingerprint density at radius 1 is 1.36 bits per heavy atom. The summed E-state index contributed by atoms with van der Waals surface area (Å²) in [7, 11) is 0. The molecule has 28 heavy (non-hydrogen) atoms. The van der Waals surface area contributed by atoms with E-state index in [9.17, 15) is 4.79 Å². The standard InChI is InChI=1S/C21H32N6O/c1-14(2)11-27-18-8-9-26(13-19-22-10-15(3)23-19)12-17(18)20(25-27)21(28)24-16-6-4-5-7-16/h10,14,16H,4-9,11-13H2,1-3H3,(H,22,23)(H,24,28). The number of nitrogens with one attached hydrogen (secondary N) is 2. The van der Waals surface area contributed by atoms with Crippen LogP contribution in [0.4, 0.5) is 0 Å². The molecule has 0 bridgehead atoms. The fourth-order valence-corrected chi connectivity index (χ4v) is 4.44. The maximum atomic E-state index is 13.0. The topological polar surface area (TPSA) is 78.8 Å². The molecule has 3 heterocycles. The van der Waals surface area contributed by atoms with Crippen molar-refractivity contribution in [3.8, 4) is 0 Å². The SMILES string of the molecule is Cc1cnc(CN2CCc3c(c(C(=O)NC4CCCC4)nn3CC(C)C)C2)[nH]1. The number of imidazole rings is 1. The van der Waals surface area contributed by atoms with Crippen LogP contribution >= 0.6 is 0 Å². The smallest absolute Gasteiger partial charge is 0.272 e. The molecule has 0 aromatic carbocycles. The minimum atomic E-state index is 0.00125. The Bertz CT molecular complexity index is 830. The fourth-order valence-electron chi connectivity index (χ4n) is 4.44. The zero-order chi connectivity index (χ0) is 19.7. The van der Waals surface area contributed by atoms with Crippen LogP contribution in [0.2, 0.25) is 0 Å². The van der Waals surface area contributed by atoms with Gasteiger partial charge < -0.3 is 10.3 Å². The summed E-state index contributed by atoms with van der Waals surface area (Å²) in [5.74, 6) is 1.48. The van der Waals surface area contributed by atoms with E-state index in [0.29, 0.717) is 17.7 Å². The number of carbonyl (C=O) groups is 1. The molecule has 1 fully saturated rings. The van der Waals surface area contributed by atoms with E-state index in [-0.39, 0.29) is 5.91 Å². The second-order valence-corrected chi connectivity index (χ2v) is 8.78. The van der Waals surface area contributed by atoms with Crippen molar-refractivity contribution in [2.45, 2.75) is 78.6 Å². The first kappa shape index (κ1) is 19.2. The zero-order valence-corrected chi connectivity index (χ0v) is 17.3. The van der Waals surface area contributed by atoms with Crippen molar-refractivity contribution >= 4 is 5.91 Å². The van der Waals surface area contributed by atoms with Gasteiger partial charge in [0.2, 0.25) is 0 Å². The van der Waals surface area contributed by atoms with Crippen molar-refractivity contribution < 1.29 is 4.79 Å². The molecule has 1 saturated carbocycles. The third-order valence-electron chi connectivity index (χ3n) is 5.79. The highest BCUT2D eigenvalue weighted by molar-refractivity contribution is 5.94. The minimum Gasteiger partial charge on any atom is -0.348 e. The number of fused-ring (bicyclic) bond motifs is 1. The van der Waals surface area contributed by atoms with Gasteiger partial charge in [-0.05, 0) is 25.7 Å². The highest BCUT2D eigenvalue weighted by Crippen LogP contribution is 2.25. The molecule has 0 unspecified atom stereocenters. The van der Waals surface area contributed by atoms with Gasteiger partial charge in [-0.1, -0.05) is 26.7 Å². The summed E-state index contributed by atoms with van der Waals surface area (Å²) in [5.41, 5.74) is 4.04. The van der Waals surface area contributed by atoms with Crippen LogP contribution in [0, 0.1) is 12.8 Å². The van der Waals surface area contributed by atoms with Crippen molar-refractivity contribution in [3.63, 3.8) is 0 Å². The molecule has 1 aliphatic carbocycles. The molecule has 7 nitrogen and oxygen atoms in total. The van der Waals surface area contributed by atoms with Crippen LogP contribution in [0.15, 0.2) is 6.20 Å². The number of aromatic amines is 1. The predicted octanol–water partition coefficient (Wildman–Crippen LogP) is 2.80. The highest BCUT2D eigenvalue weighted by atomic mass is 16.2. The summed E-state index contributed by atoms with van der Waals surface area (Å²) < 4.78 is 2.08. The Balaban J connectivity index is 1.56. The molecule has 2 N–H and O–H groups in total. The van der Waals surface area contributed by atoms with Crippen molar-refractivity contribution in [2.75, 3.05) is 6.54 Å². The highest BCUT2D eigenvalue weighted by Gasteiger charge is 2.30. The lowest BCUT2D eigenvalue weighted by molar-refractivity contribution is 0.0929. The Morgan fingerprint density at radius 3 is 2.82 bits per heavy atom. The zero-order valence-electron chi connectivity index (χ0n) is 17.3. The molecule has 0 spiro atoms. The number of aryl methyl sites for hydroxylation is 1. The monoisotopic (exact) mass is 384 g/mol. The third-order valence-corrected chi connectivity index (χ3v) is 5.79. The Labute approximate surface area is 166 Å². The van der Waals surface area contributed by atoms with Gasteiger partial charge in [0.15, 0.2) is 5.69 Å². The Morgan fingerprint density at radius 2 is 2.14 bits per heavy atom. The first-order valence-electron chi connectivity index (χ1n) is 10.6. The fraction of sp³-hybridized carbons (Fsp3) is 0.667. The van der Waals surface area contributed by atoms with Gasteiger partial charge in [-0.25, -0.2) is 4.98 Å². The molecule has 2 aliphatic rings. The molecular formula is C21H32N6O. The van der Waals surface area contributed by atoms with Crippen molar-refractivity contribution in [2.24, 2.45) is 5.92 Å². The van der Waals surface area contributed by atoms with Crippen LogP contribution in [0.3, 0.4) is 0 Å². The first-order valence-corrected chi connectivity index (χ1v) is 10.6. The van der Waals surface area contributed by atoms with E-state index in [1.54, 1.807) is 0 Å². The van der Waals surface area contributed by atoms with Crippen molar-refractivity contribution in [1.29, 1.82) is 0 Å². The Hall–Kier alpha value is -2.15. The maximum absolute atomic E-state index is 13.0. The minimum absolute atomic E-state index is 0.00125. The second kappa shape index (κ2) is 8.07. The van der Waals surface area contributed by atoms with Gasteiger partial charge in [-0.15, -0.1) is 0 Å². The van der Waals surface area contributed by atoms with Gasteiger partial charge in [0.05, 0.1) is 6.54 Å². The molecule has 0 atom stereocenters. The quantitative estimate of drug-likeness (QED) is 0.803. The van der Waals surface area contributed by atoms with Gasteiger partial charge in [0.25, 0.3) is 5.91 Å². The van der Waals surface area contributed by atoms with Crippen molar-refractivity contribution in [1.82, 2.24) is 30.0 Å². The number of carbonyl (C=O) groups excluding carboxylic acids is 1. The molecule has 4 rings (SSSR count). The summed E-state index contributed by atoms with van der Waals surface area (Å²) in [4.78, 5) is 23.1. The number of aromatic nitrogens is 4. The van der Waals surface area contributed by atoms with E-state index in [1.807, 2.05) is 13.1 Å². The molecule has 2 aromatic rings. The van der Waals surface area contributed by atoms with E-state index in [4.69, 9.17) is 5.10 Å². The predicted molar refractivity (Wildman–Crippen MR) is 108 cm³/mol. The van der Waals surface area contributed by atoms with Crippen LogP contribution in [-0.2, 0) is 26.1 Å². The van der Waals surface area contributed by atoms with E-state index in [1.165, 1.54) is 18.5 Å². The second-order valence-electron chi connectivity index (χ2n) is 8.78. The molecule has 7 heteroatoms. The number of hydrogen-bond donors (Lipinski definition) is 2. The normalized spacial score (nSPS) is 18.0. The number of H-pyrrole nitrogens is 1. The number of nitrogens with zero attached hydrogens (tertiary/aromatic N) is 4. The molecule has 1 amide bonds. The average Bonchev–Trinajstić information content (AvgIpc) is 3.36. The summed E-state index contributed by atoms with van der Waals surface area (Å²) in [6.07, 6.45) is 7.38. The van der Waals surface area contributed by atoms with Gasteiger partial charge in [0.1, 0.15) is 5.82 Å². The van der Waals surface area contributed by atoms with E-state index >= 15 is 0 Å². The molecule has 0 radical (unpaired) electrons. The van der Waals surface area contributed by atoms with Crippen LogP contribution < -0.4 is 5.32 Å². The van der Waals surface area contributed by atoms with Crippen LogP contribution in [-0.4, -0.2) is 43.1 Å². The summed E-state index contributed by atoms with van der Waals surface area (Å²) in [5, 5.41) is 8.00. The van der Waals surface area contributed by atoms with Gasteiger partial charge in [0, 0.05) is 55.2 Å². The third kappa shape index (κ3) is 4.14. The van der Waals surface area contributed by atoms with E-state index in [2.05, 4.69) is 38.7 Å². The molecular weight excluding hydrogens is 352 g/mol. The van der Waals surface area contributed by atoms with Crippen LogP contribution in [0.1, 0.15) is 72.8 Å². The van der Waals surface area contributed by atoms with Gasteiger partial charge in [-0.3, -0.25) is 14.4 Å². The summed E-state index contributed by atoms with van der Waals surface area (Å²) in [6, 6.07) is 0.309. The summed E-state index contributed by atoms with van der Waals surface area (Å²) in [6.45, 7) is 9.75. The van der Waals surface area contributed by atoms with Crippen LogP contribution in [0.25, 0.3) is 0 Å². The first-order chi connectivity index (χ1) is 13.5. The van der Waals surface area contributed by atoms with Gasteiger partial charge in [-0.2, -0.15) is 5.10 Å². The average molecular weight is 385 g/mol. The Kier molecular flexibility index (Phi) is 5.53. The maximum Gasteiger partial charge on any atom is 0.272 e. The molecule has 2 aromatic heterocycles. The lowest BCUT2D eigenvalue weighted by atomic mass is 10.0. The lowest BCUT2D eigenvalue weighted by Crippen LogP contribution is -2.35. The number of rotatable bonds is 6. The van der Waals surface area contributed by atoms with Crippen molar-refractivity contribution in [3.05, 3.63) is 34.7 Å². The van der Waals surface area contributed by atoms with Crippen LogP contribution in [0.5, 0.6) is 0 Å². The molecule has 152 valence electrons. The number of amides is 1. The van der Waals surface area contributed by atoms with E-state index < -0.39 is 0 Å². The molecule has 0 saturated heterocycles. The van der Waals surface area contributed by atoms with E-state index in [0.717, 1.165) is 62.5 Å². The lowest BCUT2D eigenvalue weighted by Gasteiger charge is -2.27. The summed E-state index contributed by atoms with van der Waals surface area (Å²) >= 11 is 0. The number of hydrogen-bond acceptors (Lipinski definition) is 4. The van der Waals surface area contributed by atoms with Gasteiger partial charge >= 0.3 is 0 Å².